The van der Waals surface area contributed by atoms with E-state index >= 15 is 0 Å². The number of hydrogen-bond acceptors (Lipinski definition) is 3. The molecular formula is C18H27F2N3O2. The molecule has 0 radical (unpaired) electrons. The highest BCUT2D eigenvalue weighted by Gasteiger charge is 2.25. The van der Waals surface area contributed by atoms with Gasteiger partial charge in [-0.15, -0.1) is 0 Å². The molecule has 0 saturated carbocycles. The molecule has 1 aliphatic heterocycles. The van der Waals surface area contributed by atoms with Crippen LogP contribution in [0.25, 0.3) is 0 Å². The summed E-state index contributed by atoms with van der Waals surface area (Å²) in [6.07, 6.45) is 1.02. The number of hydrogen-bond donors (Lipinski definition) is 1. The molecule has 1 saturated heterocycles. The average molecular weight is 355 g/mol. The van der Waals surface area contributed by atoms with E-state index in [0.29, 0.717) is 25.7 Å². The first-order valence-electron chi connectivity index (χ1n) is 8.68. The summed E-state index contributed by atoms with van der Waals surface area (Å²) in [4.78, 5) is 6.62. The summed E-state index contributed by atoms with van der Waals surface area (Å²) in [5, 5.41) is 3.22. The number of nitrogens with one attached hydrogen (secondary N) is 1. The van der Waals surface area contributed by atoms with Crippen LogP contribution in [0.1, 0.15) is 18.9 Å². The number of benzene rings is 1. The molecular weight excluding hydrogens is 328 g/mol. The van der Waals surface area contributed by atoms with Crippen LogP contribution in [-0.4, -0.2) is 57.4 Å². The van der Waals surface area contributed by atoms with Crippen molar-refractivity contribution in [3.63, 3.8) is 0 Å². The van der Waals surface area contributed by atoms with Crippen molar-refractivity contribution < 1.29 is 18.3 Å². The van der Waals surface area contributed by atoms with E-state index in [2.05, 4.69) is 15.2 Å². The third-order valence-electron chi connectivity index (χ3n) is 4.11. The largest absolute Gasteiger partial charge is 0.382 e. The first kappa shape index (κ1) is 19.6. The SMILES string of the molecule is CCNC(=NCc1cc(F)ccc1F)N1CCC(COCCOC)C1. The summed E-state index contributed by atoms with van der Waals surface area (Å²) in [5.74, 6) is 0.273. The van der Waals surface area contributed by atoms with Gasteiger partial charge < -0.3 is 19.7 Å². The Morgan fingerprint density at radius 3 is 2.96 bits per heavy atom. The number of likely N-dealkylation sites (tertiary alicyclic amines) is 1. The first-order chi connectivity index (χ1) is 12.1. The lowest BCUT2D eigenvalue weighted by Crippen LogP contribution is -2.40. The zero-order chi connectivity index (χ0) is 18.1. The number of guanidine groups is 1. The molecule has 1 aromatic carbocycles. The molecule has 25 heavy (non-hydrogen) atoms. The van der Waals surface area contributed by atoms with Crippen LogP contribution in [-0.2, 0) is 16.0 Å². The van der Waals surface area contributed by atoms with Gasteiger partial charge in [-0.1, -0.05) is 0 Å². The van der Waals surface area contributed by atoms with Gasteiger partial charge in [0.05, 0.1) is 26.4 Å². The van der Waals surface area contributed by atoms with Gasteiger partial charge in [-0.05, 0) is 31.5 Å². The van der Waals surface area contributed by atoms with E-state index in [4.69, 9.17) is 9.47 Å². The van der Waals surface area contributed by atoms with Crippen molar-refractivity contribution in [1.29, 1.82) is 0 Å². The fourth-order valence-electron chi connectivity index (χ4n) is 2.80. The van der Waals surface area contributed by atoms with Gasteiger partial charge in [0, 0.05) is 38.2 Å². The van der Waals surface area contributed by atoms with Crippen molar-refractivity contribution in [2.75, 3.05) is 46.6 Å². The lowest BCUT2D eigenvalue weighted by molar-refractivity contribution is 0.0536. The molecule has 1 unspecified atom stereocenters. The van der Waals surface area contributed by atoms with E-state index < -0.39 is 11.6 Å². The summed E-state index contributed by atoms with van der Waals surface area (Å²) in [5.41, 5.74) is 0.258. The van der Waals surface area contributed by atoms with Crippen LogP contribution in [0.15, 0.2) is 23.2 Å². The van der Waals surface area contributed by atoms with Crippen molar-refractivity contribution in [1.82, 2.24) is 10.2 Å². The molecule has 0 spiro atoms. The molecule has 1 N–H and O–H groups in total. The number of aliphatic imine (C=N–C) groups is 1. The summed E-state index contributed by atoms with van der Waals surface area (Å²) >= 11 is 0. The quantitative estimate of drug-likeness (QED) is 0.442. The van der Waals surface area contributed by atoms with Crippen LogP contribution in [0.2, 0.25) is 0 Å². The van der Waals surface area contributed by atoms with E-state index in [1.165, 1.54) is 6.07 Å². The van der Waals surface area contributed by atoms with Crippen molar-refractivity contribution >= 4 is 5.96 Å². The second-order valence-corrected chi connectivity index (χ2v) is 6.07. The molecule has 1 fully saturated rings. The number of rotatable bonds is 8. The highest BCUT2D eigenvalue weighted by molar-refractivity contribution is 5.80. The monoisotopic (exact) mass is 355 g/mol. The van der Waals surface area contributed by atoms with E-state index in [9.17, 15) is 8.78 Å². The molecule has 1 aromatic rings. The summed E-state index contributed by atoms with van der Waals surface area (Å²) < 4.78 is 37.6. The minimum Gasteiger partial charge on any atom is -0.382 e. The zero-order valence-electron chi connectivity index (χ0n) is 14.9. The van der Waals surface area contributed by atoms with Crippen LogP contribution >= 0.6 is 0 Å². The molecule has 2 rings (SSSR count). The number of halogens is 2. The Kier molecular flexibility index (Phi) is 8.08. The summed E-state index contributed by atoms with van der Waals surface area (Å²) in [6.45, 7) is 6.41. The predicted octanol–water partition coefficient (Wildman–Crippen LogP) is 2.42. The minimum atomic E-state index is -0.453. The molecule has 5 nitrogen and oxygen atoms in total. The Hall–Kier alpha value is -1.73. The topological polar surface area (TPSA) is 46.1 Å². The highest BCUT2D eigenvalue weighted by atomic mass is 19.1. The van der Waals surface area contributed by atoms with Gasteiger partial charge in [0.2, 0.25) is 0 Å². The number of nitrogens with zero attached hydrogens (tertiary/aromatic N) is 2. The number of methoxy groups -OCH3 is 1. The lowest BCUT2D eigenvalue weighted by atomic mass is 10.1. The Labute approximate surface area is 148 Å². The Balaban J connectivity index is 1.92. The van der Waals surface area contributed by atoms with Crippen LogP contribution in [0.3, 0.4) is 0 Å². The highest BCUT2D eigenvalue weighted by Crippen LogP contribution is 2.17. The molecule has 0 aliphatic carbocycles. The smallest absolute Gasteiger partial charge is 0.194 e. The Bertz CT molecular complexity index is 569. The fourth-order valence-corrected chi connectivity index (χ4v) is 2.80. The molecule has 1 heterocycles. The maximum absolute atomic E-state index is 13.8. The number of ether oxygens (including phenoxy) is 2. The zero-order valence-corrected chi connectivity index (χ0v) is 14.9. The van der Waals surface area contributed by atoms with Crippen LogP contribution < -0.4 is 5.32 Å². The third kappa shape index (κ3) is 6.25. The minimum absolute atomic E-state index is 0.109. The van der Waals surface area contributed by atoms with Crippen LogP contribution in [0.5, 0.6) is 0 Å². The standard InChI is InChI=1S/C18H27F2N3O2/c1-3-21-18(22-11-15-10-16(19)4-5-17(15)20)23-7-6-14(12-23)13-25-9-8-24-2/h4-5,10,14H,3,6-9,11-13H2,1-2H3,(H,21,22). The fraction of sp³-hybridized carbons (Fsp3) is 0.611. The third-order valence-corrected chi connectivity index (χ3v) is 4.11. The van der Waals surface area contributed by atoms with Gasteiger partial charge in [0.25, 0.3) is 0 Å². The molecule has 0 aromatic heterocycles. The molecule has 7 heteroatoms. The van der Waals surface area contributed by atoms with Gasteiger partial charge in [0.1, 0.15) is 11.6 Å². The predicted molar refractivity (Wildman–Crippen MR) is 93.5 cm³/mol. The van der Waals surface area contributed by atoms with Gasteiger partial charge in [-0.2, -0.15) is 0 Å². The van der Waals surface area contributed by atoms with Crippen molar-refractivity contribution in [3.05, 3.63) is 35.4 Å². The Morgan fingerprint density at radius 1 is 1.36 bits per heavy atom. The van der Waals surface area contributed by atoms with Gasteiger partial charge in [-0.25, -0.2) is 13.8 Å². The van der Waals surface area contributed by atoms with Crippen molar-refractivity contribution in [2.45, 2.75) is 19.9 Å². The normalized spacial score (nSPS) is 18.0. The summed E-state index contributed by atoms with van der Waals surface area (Å²) in [6, 6.07) is 3.44. The first-order valence-corrected chi connectivity index (χ1v) is 8.68. The average Bonchev–Trinajstić information content (AvgIpc) is 3.07. The Morgan fingerprint density at radius 2 is 2.20 bits per heavy atom. The van der Waals surface area contributed by atoms with E-state index in [0.717, 1.165) is 44.1 Å². The van der Waals surface area contributed by atoms with Crippen LogP contribution in [0.4, 0.5) is 8.78 Å². The van der Waals surface area contributed by atoms with Gasteiger partial charge >= 0.3 is 0 Å². The van der Waals surface area contributed by atoms with Crippen molar-refractivity contribution in [3.8, 4) is 0 Å². The second-order valence-electron chi connectivity index (χ2n) is 6.07. The second kappa shape index (κ2) is 10.3. The molecule has 0 bridgehead atoms. The van der Waals surface area contributed by atoms with E-state index in [-0.39, 0.29) is 12.1 Å². The maximum Gasteiger partial charge on any atom is 0.194 e. The van der Waals surface area contributed by atoms with E-state index in [1.54, 1.807) is 7.11 Å². The lowest BCUT2D eigenvalue weighted by Gasteiger charge is -2.21. The molecule has 1 aliphatic rings. The molecule has 0 amide bonds. The molecule has 140 valence electrons. The maximum atomic E-state index is 13.8. The summed E-state index contributed by atoms with van der Waals surface area (Å²) in [7, 11) is 1.65. The molecule has 1 atom stereocenters. The van der Waals surface area contributed by atoms with Crippen molar-refractivity contribution in [2.24, 2.45) is 10.9 Å². The van der Waals surface area contributed by atoms with Gasteiger partial charge in [0.15, 0.2) is 5.96 Å². The van der Waals surface area contributed by atoms with Crippen LogP contribution in [0, 0.1) is 17.6 Å². The van der Waals surface area contributed by atoms with E-state index in [1.807, 2.05) is 6.92 Å². The van der Waals surface area contributed by atoms with Gasteiger partial charge in [-0.3, -0.25) is 0 Å².